The van der Waals surface area contributed by atoms with Crippen LogP contribution in [0.4, 0.5) is 0 Å². The summed E-state index contributed by atoms with van der Waals surface area (Å²) in [5.74, 6) is 0. The van der Waals surface area contributed by atoms with Crippen molar-refractivity contribution in [2.24, 2.45) is 0 Å². The number of aryl methyl sites for hydroxylation is 1. The highest BCUT2D eigenvalue weighted by Crippen LogP contribution is 2.34. The number of aromatic nitrogens is 1. The number of methoxy groups -OCH3 is 1. The van der Waals surface area contributed by atoms with Crippen molar-refractivity contribution in [3.8, 4) is 10.6 Å². The average Bonchev–Trinajstić information content (AvgIpc) is 2.73. The van der Waals surface area contributed by atoms with Crippen molar-refractivity contribution >= 4 is 27.3 Å². The highest BCUT2D eigenvalue weighted by Gasteiger charge is 2.13. The topological polar surface area (TPSA) is 34.2 Å². The Bertz CT molecular complexity index is 545. The van der Waals surface area contributed by atoms with Crippen molar-refractivity contribution in [2.45, 2.75) is 20.1 Å². The normalized spacial score (nSPS) is 10.9. The largest absolute Gasteiger partial charge is 0.378 e. The van der Waals surface area contributed by atoms with Crippen LogP contribution in [0.15, 0.2) is 22.7 Å². The predicted octanol–water partition coefficient (Wildman–Crippen LogP) is 3.75. The third kappa shape index (κ3) is 3.42. The molecule has 0 spiro atoms. The zero-order valence-corrected chi connectivity index (χ0v) is 13.7. The molecule has 0 unspecified atom stereocenters. The molecule has 0 bridgehead atoms. The maximum absolute atomic E-state index is 5.22. The van der Waals surface area contributed by atoms with Gasteiger partial charge in [0.15, 0.2) is 0 Å². The van der Waals surface area contributed by atoms with Crippen LogP contribution in [0.2, 0.25) is 0 Å². The monoisotopic (exact) mass is 340 g/mol. The van der Waals surface area contributed by atoms with Gasteiger partial charge in [-0.15, -0.1) is 11.3 Å². The Kier molecular flexibility index (Phi) is 5.10. The van der Waals surface area contributed by atoms with E-state index in [1.807, 2.05) is 7.05 Å². The smallest absolute Gasteiger partial charge is 0.125 e. The van der Waals surface area contributed by atoms with Crippen LogP contribution < -0.4 is 5.32 Å². The minimum absolute atomic E-state index is 0.553. The Labute approximate surface area is 126 Å². The molecule has 1 aromatic carbocycles. The van der Waals surface area contributed by atoms with E-state index in [1.54, 1.807) is 18.4 Å². The molecule has 0 radical (unpaired) electrons. The van der Waals surface area contributed by atoms with Gasteiger partial charge in [0.05, 0.1) is 12.3 Å². The van der Waals surface area contributed by atoms with E-state index < -0.39 is 0 Å². The molecule has 19 heavy (non-hydrogen) atoms. The van der Waals surface area contributed by atoms with Crippen molar-refractivity contribution in [3.05, 3.63) is 38.8 Å². The molecule has 0 aliphatic rings. The van der Waals surface area contributed by atoms with Gasteiger partial charge < -0.3 is 10.1 Å². The van der Waals surface area contributed by atoms with E-state index >= 15 is 0 Å². The van der Waals surface area contributed by atoms with Crippen LogP contribution in [-0.2, 0) is 17.9 Å². The van der Waals surface area contributed by atoms with E-state index in [2.05, 4.69) is 46.4 Å². The molecule has 1 heterocycles. The Morgan fingerprint density at radius 3 is 2.84 bits per heavy atom. The summed E-state index contributed by atoms with van der Waals surface area (Å²) in [5.41, 5.74) is 3.39. The van der Waals surface area contributed by atoms with Crippen molar-refractivity contribution in [3.63, 3.8) is 0 Å². The summed E-state index contributed by atoms with van der Waals surface area (Å²) in [5, 5.41) is 4.21. The molecular weight excluding hydrogens is 324 g/mol. The molecule has 0 aliphatic carbocycles. The molecule has 1 aromatic heterocycles. The van der Waals surface area contributed by atoms with Crippen LogP contribution in [0.25, 0.3) is 10.6 Å². The quantitative estimate of drug-likeness (QED) is 0.899. The zero-order valence-electron chi connectivity index (χ0n) is 11.3. The van der Waals surface area contributed by atoms with Crippen LogP contribution in [-0.4, -0.2) is 19.1 Å². The van der Waals surface area contributed by atoms with E-state index in [9.17, 15) is 0 Å². The molecule has 0 fully saturated rings. The van der Waals surface area contributed by atoms with Gasteiger partial charge in [0.1, 0.15) is 5.01 Å². The van der Waals surface area contributed by atoms with Crippen molar-refractivity contribution < 1.29 is 4.74 Å². The van der Waals surface area contributed by atoms with Gasteiger partial charge in [0.2, 0.25) is 0 Å². The average molecular weight is 341 g/mol. The Morgan fingerprint density at radius 1 is 1.42 bits per heavy atom. The molecule has 0 saturated carbocycles. The fourth-order valence-electron chi connectivity index (χ4n) is 1.84. The highest BCUT2D eigenvalue weighted by molar-refractivity contribution is 9.10. The predicted molar refractivity (Wildman–Crippen MR) is 83.5 cm³/mol. The molecule has 3 nitrogen and oxygen atoms in total. The van der Waals surface area contributed by atoms with Crippen molar-refractivity contribution in [1.82, 2.24) is 10.3 Å². The van der Waals surface area contributed by atoms with E-state index in [0.717, 1.165) is 27.3 Å². The molecule has 0 saturated heterocycles. The summed E-state index contributed by atoms with van der Waals surface area (Å²) in [7, 11) is 3.64. The van der Waals surface area contributed by atoms with E-state index in [1.165, 1.54) is 10.4 Å². The third-order valence-electron chi connectivity index (χ3n) is 2.75. The first kappa shape index (κ1) is 14.7. The number of ether oxygens (including phenoxy) is 1. The van der Waals surface area contributed by atoms with Crippen LogP contribution >= 0.6 is 27.3 Å². The molecule has 0 atom stereocenters. The second kappa shape index (κ2) is 6.61. The van der Waals surface area contributed by atoms with Gasteiger partial charge in [-0.1, -0.05) is 28.1 Å². The van der Waals surface area contributed by atoms with Gasteiger partial charge >= 0.3 is 0 Å². The molecule has 5 heteroatoms. The lowest BCUT2D eigenvalue weighted by Gasteiger charge is -2.01. The molecular formula is C14H17BrN2OS. The first-order valence-corrected chi connectivity index (χ1v) is 7.65. The lowest BCUT2D eigenvalue weighted by Crippen LogP contribution is -2.06. The van der Waals surface area contributed by atoms with Crippen LogP contribution in [0.3, 0.4) is 0 Å². The number of nitrogens with zero attached hydrogens (tertiary/aromatic N) is 1. The summed E-state index contributed by atoms with van der Waals surface area (Å²) in [6.45, 7) is 3.45. The van der Waals surface area contributed by atoms with Gasteiger partial charge in [-0.3, -0.25) is 0 Å². The third-order valence-corrected chi connectivity index (χ3v) is 4.54. The van der Waals surface area contributed by atoms with Crippen LogP contribution in [0.1, 0.15) is 16.1 Å². The summed E-state index contributed by atoms with van der Waals surface area (Å²) in [4.78, 5) is 5.93. The highest BCUT2D eigenvalue weighted by atomic mass is 79.9. The Balaban J connectivity index is 2.41. The standard InChI is InChI=1S/C14H17BrN2OS/c1-9-4-5-10(11(15)6-9)14-17-12(8-18-3)13(19-14)7-16-2/h4-6,16H,7-8H2,1-3H3. The number of nitrogens with one attached hydrogen (secondary N) is 1. The molecule has 102 valence electrons. The number of thiazole rings is 1. The molecule has 2 rings (SSSR count). The number of hydrogen-bond acceptors (Lipinski definition) is 4. The van der Waals surface area contributed by atoms with Crippen molar-refractivity contribution in [2.75, 3.05) is 14.2 Å². The summed E-state index contributed by atoms with van der Waals surface area (Å²) < 4.78 is 6.30. The van der Waals surface area contributed by atoms with E-state index in [4.69, 9.17) is 9.72 Å². The Morgan fingerprint density at radius 2 is 2.21 bits per heavy atom. The number of halogens is 1. The van der Waals surface area contributed by atoms with Gasteiger partial charge in [-0.05, 0) is 25.6 Å². The molecule has 2 aromatic rings. The van der Waals surface area contributed by atoms with E-state index in [-0.39, 0.29) is 0 Å². The molecule has 0 amide bonds. The van der Waals surface area contributed by atoms with Crippen LogP contribution in [0, 0.1) is 6.92 Å². The van der Waals surface area contributed by atoms with Gasteiger partial charge in [-0.2, -0.15) is 0 Å². The Hall–Kier alpha value is -0.750. The minimum Gasteiger partial charge on any atom is -0.378 e. The SMILES string of the molecule is CNCc1sc(-c2ccc(C)cc2Br)nc1COC. The number of hydrogen-bond donors (Lipinski definition) is 1. The van der Waals surface area contributed by atoms with Gasteiger partial charge in [-0.25, -0.2) is 4.98 Å². The maximum Gasteiger partial charge on any atom is 0.125 e. The fourth-order valence-corrected chi connectivity index (χ4v) is 3.77. The first-order chi connectivity index (χ1) is 9.15. The van der Waals surface area contributed by atoms with Gasteiger partial charge in [0.25, 0.3) is 0 Å². The summed E-state index contributed by atoms with van der Waals surface area (Å²) in [6.07, 6.45) is 0. The summed E-state index contributed by atoms with van der Waals surface area (Å²) >= 11 is 5.33. The fraction of sp³-hybridized carbons (Fsp3) is 0.357. The minimum atomic E-state index is 0.553. The number of benzene rings is 1. The molecule has 1 N–H and O–H groups in total. The van der Waals surface area contributed by atoms with Crippen LogP contribution in [0.5, 0.6) is 0 Å². The summed E-state index contributed by atoms with van der Waals surface area (Å²) in [6, 6.07) is 6.33. The van der Waals surface area contributed by atoms with Crippen molar-refractivity contribution in [1.29, 1.82) is 0 Å². The molecule has 0 aliphatic heterocycles. The second-order valence-electron chi connectivity index (χ2n) is 4.34. The number of rotatable bonds is 5. The first-order valence-electron chi connectivity index (χ1n) is 6.04. The van der Waals surface area contributed by atoms with Gasteiger partial charge in [0, 0.05) is 28.6 Å². The lowest BCUT2D eigenvalue weighted by atomic mass is 10.2. The zero-order chi connectivity index (χ0) is 13.8. The maximum atomic E-state index is 5.22. The second-order valence-corrected chi connectivity index (χ2v) is 6.27. The van der Waals surface area contributed by atoms with E-state index in [0.29, 0.717) is 6.61 Å². The lowest BCUT2D eigenvalue weighted by molar-refractivity contribution is 0.181.